The molecule has 0 aliphatic heterocycles. The standard InChI is InChI=1S/C17H14F3N3O2/c1-12-2-6-14(7-3-12)22-11-21-23(16(22)24)10-13-4-8-15(9-5-13)25-17(18,19)20/h2-9,11H,10H2,1H3. The van der Waals surface area contributed by atoms with Crippen LogP contribution < -0.4 is 10.4 Å². The molecule has 2 aromatic carbocycles. The third kappa shape index (κ3) is 4.09. The predicted octanol–water partition coefficient (Wildman–Crippen LogP) is 3.29. The quantitative estimate of drug-likeness (QED) is 0.726. The van der Waals surface area contributed by atoms with Crippen LogP contribution in [-0.4, -0.2) is 20.7 Å². The molecular weight excluding hydrogens is 335 g/mol. The molecule has 0 aliphatic carbocycles. The maximum atomic E-state index is 12.4. The van der Waals surface area contributed by atoms with Gasteiger partial charge in [-0.25, -0.2) is 14.0 Å². The minimum absolute atomic E-state index is 0.143. The topological polar surface area (TPSA) is 49.0 Å². The van der Waals surface area contributed by atoms with E-state index in [1.54, 1.807) is 0 Å². The molecule has 0 unspecified atom stereocenters. The zero-order chi connectivity index (χ0) is 18.0. The molecule has 0 fully saturated rings. The molecule has 0 N–H and O–H groups in total. The van der Waals surface area contributed by atoms with Crippen molar-refractivity contribution in [2.24, 2.45) is 0 Å². The Morgan fingerprint density at radius 1 is 1.04 bits per heavy atom. The first-order valence-electron chi connectivity index (χ1n) is 7.38. The van der Waals surface area contributed by atoms with Crippen LogP contribution in [0, 0.1) is 6.92 Å². The summed E-state index contributed by atoms with van der Waals surface area (Å²) in [7, 11) is 0. The second kappa shape index (κ2) is 6.46. The minimum Gasteiger partial charge on any atom is -0.406 e. The van der Waals surface area contributed by atoms with E-state index in [9.17, 15) is 18.0 Å². The molecule has 5 nitrogen and oxygen atoms in total. The molecule has 3 rings (SSSR count). The van der Waals surface area contributed by atoms with E-state index in [-0.39, 0.29) is 18.0 Å². The highest BCUT2D eigenvalue weighted by molar-refractivity contribution is 5.33. The van der Waals surface area contributed by atoms with Crippen molar-refractivity contribution in [2.75, 3.05) is 0 Å². The summed E-state index contributed by atoms with van der Waals surface area (Å²) in [6, 6.07) is 12.7. The van der Waals surface area contributed by atoms with Crippen molar-refractivity contribution in [2.45, 2.75) is 19.8 Å². The van der Waals surface area contributed by atoms with Crippen molar-refractivity contribution in [1.82, 2.24) is 14.3 Å². The summed E-state index contributed by atoms with van der Waals surface area (Å²) in [6.45, 7) is 2.09. The highest BCUT2D eigenvalue weighted by atomic mass is 19.4. The Kier molecular flexibility index (Phi) is 4.35. The number of hydrogen-bond acceptors (Lipinski definition) is 3. The highest BCUT2D eigenvalue weighted by Gasteiger charge is 2.30. The number of alkyl halides is 3. The smallest absolute Gasteiger partial charge is 0.406 e. The van der Waals surface area contributed by atoms with Crippen molar-refractivity contribution >= 4 is 0 Å². The van der Waals surface area contributed by atoms with Gasteiger partial charge in [0.25, 0.3) is 0 Å². The number of halogens is 3. The maximum absolute atomic E-state index is 12.4. The Bertz CT molecular complexity index is 910. The molecule has 0 aliphatic rings. The van der Waals surface area contributed by atoms with Gasteiger partial charge in [0.2, 0.25) is 0 Å². The number of nitrogens with zero attached hydrogens (tertiary/aromatic N) is 3. The van der Waals surface area contributed by atoms with Gasteiger partial charge < -0.3 is 4.74 Å². The molecule has 3 aromatic rings. The van der Waals surface area contributed by atoms with Gasteiger partial charge in [-0.2, -0.15) is 5.10 Å². The molecule has 1 heterocycles. The molecule has 0 atom stereocenters. The lowest BCUT2D eigenvalue weighted by Gasteiger charge is -2.09. The Morgan fingerprint density at radius 3 is 2.28 bits per heavy atom. The zero-order valence-corrected chi connectivity index (χ0v) is 13.2. The second-order valence-electron chi connectivity index (χ2n) is 5.47. The molecule has 0 radical (unpaired) electrons. The normalized spacial score (nSPS) is 11.5. The summed E-state index contributed by atoms with van der Waals surface area (Å²) in [6.07, 6.45) is -3.32. The van der Waals surface area contributed by atoms with E-state index in [1.165, 1.54) is 39.8 Å². The highest BCUT2D eigenvalue weighted by Crippen LogP contribution is 2.22. The van der Waals surface area contributed by atoms with E-state index >= 15 is 0 Å². The van der Waals surface area contributed by atoms with Gasteiger partial charge in [-0.3, -0.25) is 0 Å². The van der Waals surface area contributed by atoms with E-state index in [4.69, 9.17) is 0 Å². The molecule has 0 saturated heterocycles. The fraction of sp³-hybridized carbons (Fsp3) is 0.176. The SMILES string of the molecule is Cc1ccc(-n2cnn(Cc3ccc(OC(F)(F)F)cc3)c2=O)cc1. The third-order valence-electron chi connectivity index (χ3n) is 3.53. The largest absolute Gasteiger partial charge is 0.573 e. The van der Waals surface area contributed by atoms with Crippen LogP contribution >= 0.6 is 0 Å². The lowest BCUT2D eigenvalue weighted by molar-refractivity contribution is -0.274. The molecule has 0 spiro atoms. The zero-order valence-electron chi connectivity index (χ0n) is 13.2. The lowest BCUT2D eigenvalue weighted by atomic mass is 10.2. The fourth-order valence-corrected chi connectivity index (χ4v) is 2.30. The minimum atomic E-state index is -4.73. The van der Waals surface area contributed by atoms with Gasteiger partial charge in [-0.15, -0.1) is 13.2 Å². The average Bonchev–Trinajstić information content (AvgIpc) is 2.90. The van der Waals surface area contributed by atoms with Crippen LogP contribution in [0.3, 0.4) is 0 Å². The van der Waals surface area contributed by atoms with Crippen LogP contribution in [0.1, 0.15) is 11.1 Å². The van der Waals surface area contributed by atoms with E-state index in [0.717, 1.165) is 5.56 Å². The number of aryl methyl sites for hydroxylation is 1. The van der Waals surface area contributed by atoms with Gasteiger partial charge in [0.05, 0.1) is 12.2 Å². The monoisotopic (exact) mass is 349 g/mol. The summed E-state index contributed by atoms with van der Waals surface area (Å²) in [4.78, 5) is 12.4. The lowest BCUT2D eigenvalue weighted by Crippen LogP contribution is -2.24. The van der Waals surface area contributed by atoms with Gasteiger partial charge >= 0.3 is 12.1 Å². The average molecular weight is 349 g/mol. The van der Waals surface area contributed by atoms with E-state index in [2.05, 4.69) is 9.84 Å². The molecule has 0 saturated carbocycles. The Hall–Kier alpha value is -3.03. The molecule has 1 aromatic heterocycles. The number of rotatable bonds is 4. The third-order valence-corrected chi connectivity index (χ3v) is 3.53. The Morgan fingerprint density at radius 2 is 1.68 bits per heavy atom. The predicted molar refractivity (Wildman–Crippen MR) is 84.8 cm³/mol. The van der Waals surface area contributed by atoms with E-state index in [0.29, 0.717) is 11.3 Å². The van der Waals surface area contributed by atoms with Crippen molar-refractivity contribution in [3.8, 4) is 11.4 Å². The first-order chi connectivity index (χ1) is 11.8. The van der Waals surface area contributed by atoms with Crippen molar-refractivity contribution in [3.63, 3.8) is 0 Å². The van der Waals surface area contributed by atoms with Gasteiger partial charge in [0.1, 0.15) is 12.1 Å². The number of aromatic nitrogens is 3. The van der Waals surface area contributed by atoms with Crippen molar-refractivity contribution in [1.29, 1.82) is 0 Å². The maximum Gasteiger partial charge on any atom is 0.573 e. The molecule has 0 bridgehead atoms. The summed E-state index contributed by atoms with van der Waals surface area (Å²) in [5.74, 6) is -0.311. The summed E-state index contributed by atoms with van der Waals surface area (Å²) >= 11 is 0. The first kappa shape index (κ1) is 16.8. The van der Waals surface area contributed by atoms with Crippen LogP contribution in [-0.2, 0) is 6.54 Å². The van der Waals surface area contributed by atoms with Gasteiger partial charge in [-0.1, -0.05) is 29.8 Å². The van der Waals surface area contributed by atoms with Gasteiger partial charge in [0.15, 0.2) is 0 Å². The Balaban J connectivity index is 1.78. The fourth-order valence-electron chi connectivity index (χ4n) is 2.30. The van der Waals surface area contributed by atoms with Crippen molar-refractivity contribution in [3.05, 3.63) is 76.5 Å². The summed E-state index contributed by atoms with van der Waals surface area (Å²) in [5, 5.41) is 4.05. The van der Waals surface area contributed by atoms with Crippen LogP contribution in [0.4, 0.5) is 13.2 Å². The molecule has 8 heteroatoms. The Labute approximate surface area is 140 Å². The van der Waals surface area contributed by atoms with Gasteiger partial charge in [-0.05, 0) is 36.8 Å². The molecule has 0 amide bonds. The second-order valence-corrected chi connectivity index (χ2v) is 5.47. The number of hydrogen-bond donors (Lipinski definition) is 0. The van der Waals surface area contributed by atoms with Crippen molar-refractivity contribution < 1.29 is 17.9 Å². The van der Waals surface area contributed by atoms with Gasteiger partial charge in [0, 0.05) is 0 Å². The van der Waals surface area contributed by atoms with E-state index < -0.39 is 6.36 Å². The molecule has 25 heavy (non-hydrogen) atoms. The molecule has 130 valence electrons. The number of ether oxygens (including phenoxy) is 1. The first-order valence-corrected chi connectivity index (χ1v) is 7.38. The molecular formula is C17H14F3N3O2. The summed E-state index contributed by atoms with van der Waals surface area (Å²) in [5.41, 5.74) is 2.06. The van der Waals surface area contributed by atoms with Crippen LogP contribution in [0.25, 0.3) is 5.69 Å². The number of benzene rings is 2. The van der Waals surface area contributed by atoms with Crippen LogP contribution in [0.15, 0.2) is 59.7 Å². The summed E-state index contributed by atoms with van der Waals surface area (Å²) < 4.78 is 42.9. The van der Waals surface area contributed by atoms with Crippen LogP contribution in [0.2, 0.25) is 0 Å². The van der Waals surface area contributed by atoms with Crippen LogP contribution in [0.5, 0.6) is 5.75 Å². The van der Waals surface area contributed by atoms with E-state index in [1.807, 2.05) is 31.2 Å².